The second-order valence-corrected chi connectivity index (χ2v) is 5.03. The second kappa shape index (κ2) is 7.12. The number of nitrogens with one attached hydrogen (secondary N) is 1. The molecule has 0 aliphatic carbocycles. The highest BCUT2D eigenvalue weighted by atomic mass is 32.1. The normalized spacial score (nSPS) is 10.4. The highest BCUT2D eigenvalue weighted by molar-refractivity contribution is 7.13. The van der Waals surface area contributed by atoms with E-state index in [0.717, 1.165) is 6.07 Å². The number of hydrogen-bond donors (Lipinski definition) is 1. The highest BCUT2D eigenvalue weighted by Gasteiger charge is 2.10. The van der Waals surface area contributed by atoms with Gasteiger partial charge in [0.05, 0.1) is 24.4 Å². The molecule has 7 heteroatoms. The van der Waals surface area contributed by atoms with Crippen molar-refractivity contribution in [2.75, 3.05) is 11.9 Å². The quantitative estimate of drug-likeness (QED) is 0.827. The number of nitrogens with zero attached hydrogens (tertiary/aromatic N) is 1. The summed E-state index contributed by atoms with van der Waals surface area (Å²) in [5.74, 6) is -2.14. The van der Waals surface area contributed by atoms with Crippen LogP contribution in [0.1, 0.15) is 19.0 Å². The Kier molecular flexibility index (Phi) is 5.21. The Labute approximate surface area is 124 Å². The number of anilines is 2. The number of aryl methyl sites for hydroxylation is 1. The predicted octanol–water partition coefficient (Wildman–Crippen LogP) is 3.66. The Morgan fingerprint density at radius 2 is 2.24 bits per heavy atom. The smallest absolute Gasteiger partial charge is 0.306 e. The van der Waals surface area contributed by atoms with E-state index in [1.54, 1.807) is 12.3 Å². The number of rotatable bonds is 6. The van der Waals surface area contributed by atoms with E-state index in [-0.39, 0.29) is 18.1 Å². The molecule has 0 radical (unpaired) electrons. The summed E-state index contributed by atoms with van der Waals surface area (Å²) in [6, 6.07) is 3.89. The van der Waals surface area contributed by atoms with Crippen LogP contribution in [0, 0.1) is 11.6 Å². The van der Waals surface area contributed by atoms with Crippen molar-refractivity contribution in [2.24, 2.45) is 0 Å². The van der Waals surface area contributed by atoms with Gasteiger partial charge >= 0.3 is 5.97 Å². The summed E-state index contributed by atoms with van der Waals surface area (Å²) in [6.45, 7) is 2.10. The van der Waals surface area contributed by atoms with E-state index in [1.807, 2.05) is 0 Å². The van der Waals surface area contributed by atoms with Crippen LogP contribution in [0.3, 0.4) is 0 Å². The number of carbonyl (C=O) groups excluding carboxylic acids is 1. The molecule has 1 heterocycles. The van der Waals surface area contributed by atoms with Gasteiger partial charge in [0.25, 0.3) is 0 Å². The first-order valence-corrected chi connectivity index (χ1v) is 7.29. The van der Waals surface area contributed by atoms with Gasteiger partial charge in [-0.05, 0) is 19.1 Å². The number of hydrogen-bond acceptors (Lipinski definition) is 5. The molecule has 0 aliphatic rings. The predicted molar refractivity (Wildman–Crippen MR) is 76.7 cm³/mol. The molecule has 0 unspecified atom stereocenters. The summed E-state index contributed by atoms with van der Waals surface area (Å²) in [4.78, 5) is 15.5. The standard InChI is InChI=1S/C14H14F2N2O2S/c1-2-20-12(19)7-6-9-8-21-14(17-9)18-11-5-3-4-10(15)13(11)16/h3-5,8H,2,6-7H2,1H3,(H,17,18). The maximum absolute atomic E-state index is 13.5. The first-order valence-electron chi connectivity index (χ1n) is 6.41. The minimum Gasteiger partial charge on any atom is -0.466 e. The van der Waals surface area contributed by atoms with Gasteiger partial charge in [-0.3, -0.25) is 4.79 Å². The fourth-order valence-electron chi connectivity index (χ4n) is 1.66. The van der Waals surface area contributed by atoms with Crippen molar-refractivity contribution in [1.29, 1.82) is 0 Å². The first kappa shape index (κ1) is 15.4. The summed E-state index contributed by atoms with van der Waals surface area (Å²) in [5.41, 5.74) is 0.730. The minimum atomic E-state index is -0.944. The maximum atomic E-state index is 13.5. The Hall–Kier alpha value is -2.02. The monoisotopic (exact) mass is 312 g/mol. The summed E-state index contributed by atoms with van der Waals surface area (Å²) >= 11 is 1.26. The van der Waals surface area contributed by atoms with Crippen LogP contribution in [0.2, 0.25) is 0 Å². The zero-order chi connectivity index (χ0) is 15.2. The molecular formula is C14H14F2N2O2S. The number of halogens is 2. The zero-order valence-electron chi connectivity index (χ0n) is 11.4. The Bertz CT molecular complexity index is 631. The third-order valence-electron chi connectivity index (χ3n) is 2.64. The Morgan fingerprint density at radius 3 is 3.00 bits per heavy atom. The van der Waals surface area contributed by atoms with Crippen LogP contribution in [0.5, 0.6) is 0 Å². The van der Waals surface area contributed by atoms with Crippen molar-refractivity contribution in [2.45, 2.75) is 19.8 Å². The Morgan fingerprint density at radius 1 is 1.43 bits per heavy atom. The topological polar surface area (TPSA) is 51.2 Å². The first-order chi connectivity index (χ1) is 10.1. The third-order valence-corrected chi connectivity index (χ3v) is 3.44. The maximum Gasteiger partial charge on any atom is 0.306 e. The SMILES string of the molecule is CCOC(=O)CCc1csc(Nc2cccc(F)c2F)n1. The number of thiazole rings is 1. The molecule has 0 saturated carbocycles. The molecule has 1 aromatic carbocycles. The third kappa shape index (κ3) is 4.22. The average Bonchev–Trinajstić information content (AvgIpc) is 2.90. The molecular weight excluding hydrogens is 298 g/mol. The van der Waals surface area contributed by atoms with Crippen LogP contribution in [-0.4, -0.2) is 17.6 Å². The molecule has 0 fully saturated rings. The van der Waals surface area contributed by atoms with Gasteiger partial charge in [0.2, 0.25) is 0 Å². The molecule has 21 heavy (non-hydrogen) atoms. The number of esters is 1. The van der Waals surface area contributed by atoms with Crippen molar-refractivity contribution in [3.63, 3.8) is 0 Å². The van der Waals surface area contributed by atoms with Crippen LogP contribution < -0.4 is 5.32 Å². The molecule has 1 aromatic heterocycles. The van der Waals surface area contributed by atoms with E-state index < -0.39 is 11.6 Å². The van der Waals surface area contributed by atoms with Crippen LogP contribution in [0.15, 0.2) is 23.6 Å². The highest BCUT2D eigenvalue weighted by Crippen LogP contribution is 2.24. The van der Waals surface area contributed by atoms with Gasteiger partial charge in [-0.25, -0.2) is 13.8 Å². The van der Waals surface area contributed by atoms with Gasteiger partial charge in [0.1, 0.15) is 0 Å². The molecule has 0 spiro atoms. The van der Waals surface area contributed by atoms with Gasteiger partial charge in [-0.2, -0.15) is 0 Å². The van der Waals surface area contributed by atoms with Gasteiger partial charge < -0.3 is 10.1 Å². The van der Waals surface area contributed by atoms with Crippen molar-refractivity contribution < 1.29 is 18.3 Å². The lowest BCUT2D eigenvalue weighted by atomic mass is 10.2. The van der Waals surface area contributed by atoms with E-state index in [0.29, 0.717) is 23.9 Å². The second-order valence-electron chi connectivity index (χ2n) is 4.18. The van der Waals surface area contributed by atoms with Gasteiger partial charge in [0.15, 0.2) is 16.8 Å². The average molecular weight is 312 g/mol. The fraction of sp³-hybridized carbons (Fsp3) is 0.286. The number of aromatic nitrogens is 1. The van der Waals surface area contributed by atoms with Gasteiger partial charge in [-0.1, -0.05) is 6.07 Å². The molecule has 112 valence electrons. The van der Waals surface area contributed by atoms with Crippen molar-refractivity contribution in [1.82, 2.24) is 4.98 Å². The summed E-state index contributed by atoms with van der Waals surface area (Å²) in [7, 11) is 0. The lowest BCUT2D eigenvalue weighted by molar-refractivity contribution is -0.143. The molecule has 0 saturated heterocycles. The molecule has 0 amide bonds. The molecule has 2 aromatic rings. The van der Waals surface area contributed by atoms with E-state index in [1.165, 1.54) is 23.5 Å². The molecule has 1 N–H and O–H groups in total. The number of carbonyl (C=O) groups is 1. The van der Waals surface area contributed by atoms with Crippen LogP contribution in [-0.2, 0) is 16.0 Å². The molecule has 4 nitrogen and oxygen atoms in total. The van der Waals surface area contributed by atoms with Gasteiger partial charge in [0, 0.05) is 11.8 Å². The summed E-state index contributed by atoms with van der Waals surface area (Å²) in [5, 5.41) is 4.93. The minimum absolute atomic E-state index is 0.0290. The number of ether oxygens (including phenoxy) is 1. The molecule has 0 atom stereocenters. The van der Waals surface area contributed by atoms with Crippen LogP contribution in [0.4, 0.5) is 19.6 Å². The zero-order valence-corrected chi connectivity index (χ0v) is 12.2. The van der Waals surface area contributed by atoms with E-state index >= 15 is 0 Å². The van der Waals surface area contributed by atoms with Crippen molar-refractivity contribution >= 4 is 28.1 Å². The van der Waals surface area contributed by atoms with E-state index in [2.05, 4.69) is 10.3 Å². The lowest BCUT2D eigenvalue weighted by Gasteiger charge is -2.04. The van der Waals surface area contributed by atoms with Crippen LogP contribution in [0.25, 0.3) is 0 Å². The molecule has 0 bridgehead atoms. The van der Waals surface area contributed by atoms with Gasteiger partial charge in [-0.15, -0.1) is 11.3 Å². The van der Waals surface area contributed by atoms with E-state index in [4.69, 9.17) is 4.74 Å². The lowest BCUT2D eigenvalue weighted by Crippen LogP contribution is -2.05. The Balaban J connectivity index is 1.97. The number of benzene rings is 1. The molecule has 0 aliphatic heterocycles. The van der Waals surface area contributed by atoms with E-state index in [9.17, 15) is 13.6 Å². The van der Waals surface area contributed by atoms with Crippen molar-refractivity contribution in [3.8, 4) is 0 Å². The van der Waals surface area contributed by atoms with Crippen LogP contribution >= 0.6 is 11.3 Å². The molecule has 2 rings (SSSR count). The fourth-order valence-corrected chi connectivity index (χ4v) is 2.42. The summed E-state index contributed by atoms with van der Waals surface area (Å²) < 4.78 is 31.4. The van der Waals surface area contributed by atoms with Crippen molar-refractivity contribution in [3.05, 3.63) is 40.9 Å². The summed E-state index contributed by atoms with van der Waals surface area (Å²) in [6.07, 6.45) is 0.688. The largest absolute Gasteiger partial charge is 0.466 e.